The number of nitrogens with zero attached hydrogens (tertiary/aromatic N) is 2. The van der Waals surface area contributed by atoms with E-state index in [2.05, 4.69) is 20.5 Å². The Balaban J connectivity index is 0.00000144. The van der Waals surface area contributed by atoms with E-state index in [1.165, 1.54) is 16.9 Å². The molecule has 4 atom stereocenters. The molecular formula is C21H28Cl2N4O4S. The van der Waals surface area contributed by atoms with Crippen LogP contribution in [0.5, 0.6) is 5.75 Å². The molecule has 3 N–H and O–H groups in total. The Hall–Kier alpha value is -1.46. The number of rotatable bonds is 7. The number of benzene rings is 1. The summed E-state index contributed by atoms with van der Waals surface area (Å²) >= 11 is 1.37. The van der Waals surface area contributed by atoms with Crippen LogP contribution in [-0.2, 0) is 16.1 Å². The number of aliphatic hydroxyl groups excluding tert-OH is 1. The Morgan fingerprint density at radius 2 is 2.19 bits per heavy atom. The molecule has 1 spiro atoms. The molecule has 0 unspecified atom stereocenters. The monoisotopic (exact) mass is 502 g/mol. The third-order valence-corrected chi connectivity index (χ3v) is 7.05. The second-order valence-electron chi connectivity index (χ2n) is 8.29. The van der Waals surface area contributed by atoms with Gasteiger partial charge in [0.1, 0.15) is 5.75 Å². The minimum absolute atomic E-state index is 0. The smallest absolute Gasteiger partial charge is 0.264 e. The summed E-state index contributed by atoms with van der Waals surface area (Å²) in [5, 5.41) is 18.4. The van der Waals surface area contributed by atoms with Crippen molar-refractivity contribution in [1.82, 2.24) is 15.2 Å². The largest absolute Gasteiger partial charge is 0.484 e. The van der Waals surface area contributed by atoms with Crippen molar-refractivity contribution in [3.05, 3.63) is 41.4 Å². The molecular weight excluding hydrogens is 475 g/mol. The van der Waals surface area contributed by atoms with Crippen LogP contribution in [0.15, 0.2) is 35.8 Å². The second kappa shape index (κ2) is 10.6. The lowest BCUT2D eigenvalue weighted by Crippen LogP contribution is -2.52. The van der Waals surface area contributed by atoms with Crippen LogP contribution < -0.4 is 15.4 Å². The molecule has 4 heterocycles. The van der Waals surface area contributed by atoms with Crippen molar-refractivity contribution in [2.24, 2.45) is 11.8 Å². The maximum absolute atomic E-state index is 11.9. The van der Waals surface area contributed by atoms with Crippen molar-refractivity contribution in [2.45, 2.75) is 18.2 Å². The van der Waals surface area contributed by atoms with Crippen LogP contribution in [0.4, 0.5) is 5.13 Å². The molecule has 3 aliphatic rings. The molecule has 3 fully saturated rings. The molecule has 11 heteroatoms. The quantitative estimate of drug-likeness (QED) is 0.530. The van der Waals surface area contributed by atoms with Crippen molar-refractivity contribution in [3.8, 4) is 5.75 Å². The standard InChI is InChI=1S/C21H26N4O4S.2ClH/c26-10-16-17-9-25(13-21(17)12-22-7-18(16)29-21)8-14-1-3-15(4-2-14)28-11-19(27)24-20-23-5-6-30-20;;/h1-6,16-18,22,26H,7-13H2,(H,23,24,27);2*1H/t16-,17+,18+,21+;;/m0../s1. The van der Waals surface area contributed by atoms with E-state index in [0.717, 1.165) is 32.7 Å². The molecule has 3 saturated heterocycles. The van der Waals surface area contributed by atoms with Gasteiger partial charge < -0.3 is 19.9 Å². The fraction of sp³-hybridized carbons (Fsp3) is 0.524. The summed E-state index contributed by atoms with van der Waals surface area (Å²) in [6, 6.07) is 7.86. The molecule has 1 aromatic carbocycles. The number of hydrogen-bond acceptors (Lipinski definition) is 8. The van der Waals surface area contributed by atoms with Crippen molar-refractivity contribution in [1.29, 1.82) is 0 Å². The highest BCUT2D eigenvalue weighted by molar-refractivity contribution is 7.13. The van der Waals surface area contributed by atoms with Gasteiger partial charge in [0.2, 0.25) is 0 Å². The summed E-state index contributed by atoms with van der Waals surface area (Å²) in [5.41, 5.74) is 1.02. The highest BCUT2D eigenvalue weighted by Crippen LogP contribution is 2.47. The van der Waals surface area contributed by atoms with Crippen LogP contribution in [0.3, 0.4) is 0 Å². The average Bonchev–Trinajstić information content (AvgIpc) is 3.41. The van der Waals surface area contributed by atoms with Crippen molar-refractivity contribution >= 4 is 47.2 Å². The highest BCUT2D eigenvalue weighted by Gasteiger charge is 2.60. The number of halogens is 2. The van der Waals surface area contributed by atoms with E-state index in [-0.39, 0.29) is 61.6 Å². The number of carbonyl (C=O) groups is 1. The predicted molar refractivity (Wildman–Crippen MR) is 127 cm³/mol. The molecule has 0 saturated carbocycles. The number of aromatic nitrogens is 1. The Morgan fingerprint density at radius 1 is 1.38 bits per heavy atom. The van der Waals surface area contributed by atoms with Gasteiger partial charge in [-0.3, -0.25) is 15.0 Å². The number of anilines is 1. The number of likely N-dealkylation sites (tertiary alicyclic amines) is 1. The van der Waals surface area contributed by atoms with Gasteiger partial charge in [-0.25, -0.2) is 4.98 Å². The normalized spacial score (nSPS) is 28.3. The first-order chi connectivity index (χ1) is 14.6. The van der Waals surface area contributed by atoms with Gasteiger partial charge in [0.05, 0.1) is 11.7 Å². The summed E-state index contributed by atoms with van der Waals surface area (Å²) in [7, 11) is 0. The van der Waals surface area contributed by atoms with E-state index in [1.807, 2.05) is 29.6 Å². The molecule has 5 rings (SSSR count). The van der Waals surface area contributed by atoms with Gasteiger partial charge in [0.15, 0.2) is 11.7 Å². The average molecular weight is 503 g/mol. The molecule has 8 nitrogen and oxygen atoms in total. The number of carbonyl (C=O) groups excluding carboxylic acids is 1. The number of aliphatic hydroxyl groups is 1. The zero-order valence-electron chi connectivity index (χ0n) is 17.4. The lowest BCUT2D eigenvalue weighted by atomic mass is 9.83. The fourth-order valence-corrected chi connectivity index (χ4v) is 5.60. The van der Waals surface area contributed by atoms with Gasteiger partial charge in [-0.15, -0.1) is 36.2 Å². The van der Waals surface area contributed by atoms with Gasteiger partial charge in [-0.1, -0.05) is 12.1 Å². The van der Waals surface area contributed by atoms with E-state index >= 15 is 0 Å². The number of ether oxygens (including phenoxy) is 2. The number of thiazole rings is 1. The van der Waals surface area contributed by atoms with Crippen LogP contribution >= 0.6 is 36.2 Å². The Bertz CT molecular complexity index is 888. The summed E-state index contributed by atoms with van der Waals surface area (Å²) in [6.45, 7) is 4.49. The van der Waals surface area contributed by atoms with E-state index in [1.54, 1.807) is 6.20 Å². The van der Waals surface area contributed by atoms with Gasteiger partial charge in [-0.05, 0) is 17.7 Å². The zero-order chi connectivity index (χ0) is 20.6. The van der Waals surface area contributed by atoms with Crippen LogP contribution in [0.1, 0.15) is 5.56 Å². The van der Waals surface area contributed by atoms with Gasteiger partial charge >= 0.3 is 0 Å². The number of fused-ring (bicyclic) bond motifs is 1. The number of nitrogens with one attached hydrogen (secondary N) is 2. The molecule has 2 bridgehead atoms. The third kappa shape index (κ3) is 5.04. The Morgan fingerprint density at radius 3 is 2.91 bits per heavy atom. The Kier molecular flexibility index (Phi) is 8.37. The molecule has 1 aromatic heterocycles. The minimum Gasteiger partial charge on any atom is -0.484 e. The summed E-state index contributed by atoms with van der Waals surface area (Å²) in [5.74, 6) is 1.03. The van der Waals surface area contributed by atoms with E-state index in [4.69, 9.17) is 9.47 Å². The van der Waals surface area contributed by atoms with Crippen LogP contribution in [0, 0.1) is 11.8 Å². The maximum Gasteiger partial charge on any atom is 0.264 e. The second-order valence-corrected chi connectivity index (χ2v) is 9.19. The Labute approximate surface area is 203 Å². The predicted octanol–water partition coefficient (Wildman–Crippen LogP) is 1.79. The van der Waals surface area contributed by atoms with E-state index < -0.39 is 0 Å². The van der Waals surface area contributed by atoms with Crippen molar-refractivity contribution in [3.63, 3.8) is 0 Å². The van der Waals surface area contributed by atoms with Crippen molar-refractivity contribution < 1.29 is 19.4 Å². The first kappa shape index (κ1) is 25.2. The summed E-state index contributed by atoms with van der Waals surface area (Å²) in [4.78, 5) is 18.3. The topological polar surface area (TPSA) is 96.0 Å². The lowest BCUT2D eigenvalue weighted by molar-refractivity contribution is -0.118. The first-order valence-electron chi connectivity index (χ1n) is 10.3. The molecule has 32 heavy (non-hydrogen) atoms. The lowest BCUT2D eigenvalue weighted by Gasteiger charge is -2.34. The maximum atomic E-state index is 11.9. The minimum atomic E-state index is -0.227. The highest BCUT2D eigenvalue weighted by atomic mass is 35.5. The number of morpholine rings is 1. The molecule has 176 valence electrons. The van der Waals surface area contributed by atoms with Crippen LogP contribution in [0.25, 0.3) is 0 Å². The van der Waals surface area contributed by atoms with Gasteiger partial charge in [0, 0.05) is 62.7 Å². The molecule has 1 amide bonds. The van der Waals surface area contributed by atoms with Crippen LogP contribution in [-0.4, -0.2) is 72.0 Å². The third-order valence-electron chi connectivity index (χ3n) is 6.36. The SMILES string of the molecule is Cl.Cl.O=C(COc1ccc(CN2C[C@@H]3[C@H](CO)[C@H]4CNC[C@]3(C2)O4)cc1)Nc1nccs1. The molecule has 0 radical (unpaired) electrons. The summed E-state index contributed by atoms with van der Waals surface area (Å²) < 4.78 is 11.9. The number of hydrogen-bond donors (Lipinski definition) is 3. The zero-order valence-corrected chi connectivity index (χ0v) is 19.9. The molecule has 3 aliphatic heterocycles. The van der Waals surface area contributed by atoms with Gasteiger partial charge in [-0.2, -0.15) is 0 Å². The van der Waals surface area contributed by atoms with E-state index in [0.29, 0.717) is 16.8 Å². The van der Waals surface area contributed by atoms with Crippen LogP contribution in [0.2, 0.25) is 0 Å². The first-order valence-corrected chi connectivity index (χ1v) is 11.2. The fourth-order valence-electron chi connectivity index (χ4n) is 5.05. The van der Waals surface area contributed by atoms with Crippen molar-refractivity contribution in [2.75, 3.05) is 44.7 Å². The van der Waals surface area contributed by atoms with E-state index in [9.17, 15) is 9.90 Å². The summed E-state index contributed by atoms with van der Waals surface area (Å²) in [6.07, 6.45) is 1.78. The van der Waals surface area contributed by atoms with Gasteiger partial charge in [0.25, 0.3) is 5.91 Å². The molecule has 2 aromatic rings. The molecule has 0 aliphatic carbocycles. The number of amides is 1.